The average Bonchev–Trinajstić information content (AvgIpc) is 2.76. The molecule has 0 unspecified atom stereocenters. The first-order valence-electron chi connectivity index (χ1n) is 6.19. The predicted octanol–water partition coefficient (Wildman–Crippen LogP) is 3.46. The lowest BCUT2D eigenvalue weighted by Gasteiger charge is -2.07. The Labute approximate surface area is 111 Å². The van der Waals surface area contributed by atoms with Crippen LogP contribution in [0.5, 0.6) is 11.5 Å². The van der Waals surface area contributed by atoms with Gasteiger partial charge in [0.1, 0.15) is 18.1 Å². The molecule has 0 aliphatic heterocycles. The van der Waals surface area contributed by atoms with Gasteiger partial charge in [0.25, 0.3) is 0 Å². The first-order valence-corrected chi connectivity index (χ1v) is 6.19. The molecule has 0 bridgehead atoms. The van der Waals surface area contributed by atoms with Crippen molar-refractivity contribution in [3.8, 4) is 11.5 Å². The first kappa shape index (κ1) is 11.7. The minimum atomic E-state index is 0.247. The monoisotopic (exact) mass is 253 g/mol. The van der Waals surface area contributed by atoms with Crippen LogP contribution in [0.4, 0.5) is 0 Å². The Kier molecular flexibility index (Phi) is 2.88. The van der Waals surface area contributed by atoms with E-state index in [0.29, 0.717) is 6.61 Å². The van der Waals surface area contributed by atoms with Gasteiger partial charge in [0.2, 0.25) is 0 Å². The molecule has 3 aromatic rings. The summed E-state index contributed by atoms with van der Waals surface area (Å²) in [7, 11) is 2.04. The highest BCUT2D eigenvalue weighted by Crippen LogP contribution is 2.21. The molecule has 0 radical (unpaired) electrons. The third-order valence-electron chi connectivity index (χ3n) is 3.27. The summed E-state index contributed by atoms with van der Waals surface area (Å²) in [5.41, 5.74) is 2.32. The van der Waals surface area contributed by atoms with Gasteiger partial charge in [-0.3, -0.25) is 0 Å². The molecule has 1 heterocycles. The van der Waals surface area contributed by atoms with E-state index in [2.05, 4.69) is 22.8 Å². The number of aromatic nitrogens is 1. The van der Waals surface area contributed by atoms with E-state index in [1.165, 1.54) is 10.9 Å². The quantitative estimate of drug-likeness (QED) is 0.775. The van der Waals surface area contributed by atoms with Gasteiger partial charge in [-0.05, 0) is 41.8 Å². The fraction of sp³-hybridized carbons (Fsp3) is 0.125. The largest absolute Gasteiger partial charge is 0.508 e. The third-order valence-corrected chi connectivity index (χ3v) is 3.27. The molecule has 0 amide bonds. The zero-order valence-corrected chi connectivity index (χ0v) is 10.7. The SMILES string of the molecule is Cn1c(COc2ccc(O)cc2)cc2ccccc21. The number of ether oxygens (including phenoxy) is 1. The van der Waals surface area contributed by atoms with Crippen molar-refractivity contribution in [1.29, 1.82) is 0 Å². The van der Waals surface area contributed by atoms with Gasteiger partial charge in [0.15, 0.2) is 0 Å². The van der Waals surface area contributed by atoms with Gasteiger partial charge in [-0.25, -0.2) is 0 Å². The predicted molar refractivity (Wildman–Crippen MR) is 75.4 cm³/mol. The van der Waals surface area contributed by atoms with E-state index in [1.807, 2.05) is 19.2 Å². The standard InChI is InChI=1S/C16H15NO2/c1-17-13(10-12-4-2-3-5-16(12)17)11-19-15-8-6-14(18)7-9-15/h2-10,18H,11H2,1H3. The topological polar surface area (TPSA) is 34.4 Å². The molecule has 0 fully saturated rings. The Hall–Kier alpha value is -2.42. The van der Waals surface area contributed by atoms with Gasteiger partial charge in [-0.1, -0.05) is 18.2 Å². The highest BCUT2D eigenvalue weighted by atomic mass is 16.5. The summed E-state index contributed by atoms with van der Waals surface area (Å²) in [6, 6.07) is 17.2. The summed E-state index contributed by atoms with van der Waals surface area (Å²) < 4.78 is 7.86. The van der Waals surface area contributed by atoms with Gasteiger partial charge in [-0.15, -0.1) is 0 Å². The van der Waals surface area contributed by atoms with Crippen LogP contribution in [-0.2, 0) is 13.7 Å². The van der Waals surface area contributed by atoms with E-state index < -0.39 is 0 Å². The normalized spacial score (nSPS) is 10.8. The van der Waals surface area contributed by atoms with Crippen LogP contribution in [0.2, 0.25) is 0 Å². The summed E-state index contributed by atoms with van der Waals surface area (Å²) in [6.07, 6.45) is 0. The number of hydrogen-bond acceptors (Lipinski definition) is 2. The molecule has 96 valence electrons. The number of hydrogen-bond donors (Lipinski definition) is 1. The van der Waals surface area contributed by atoms with E-state index in [1.54, 1.807) is 24.3 Å². The molecular weight excluding hydrogens is 238 g/mol. The number of aromatic hydroxyl groups is 1. The Morgan fingerprint density at radius 2 is 1.79 bits per heavy atom. The smallest absolute Gasteiger partial charge is 0.128 e. The van der Waals surface area contributed by atoms with Crippen molar-refractivity contribution in [3.63, 3.8) is 0 Å². The van der Waals surface area contributed by atoms with Crippen LogP contribution in [-0.4, -0.2) is 9.67 Å². The molecule has 0 spiro atoms. The van der Waals surface area contributed by atoms with Crippen molar-refractivity contribution in [3.05, 3.63) is 60.3 Å². The number of rotatable bonds is 3. The maximum absolute atomic E-state index is 9.22. The Morgan fingerprint density at radius 1 is 1.05 bits per heavy atom. The fourth-order valence-corrected chi connectivity index (χ4v) is 2.18. The van der Waals surface area contributed by atoms with Crippen LogP contribution in [0.3, 0.4) is 0 Å². The molecule has 0 saturated carbocycles. The lowest BCUT2D eigenvalue weighted by molar-refractivity contribution is 0.297. The lowest BCUT2D eigenvalue weighted by atomic mass is 10.2. The van der Waals surface area contributed by atoms with E-state index in [9.17, 15) is 5.11 Å². The zero-order chi connectivity index (χ0) is 13.2. The van der Waals surface area contributed by atoms with E-state index in [-0.39, 0.29) is 5.75 Å². The Bertz CT molecular complexity index is 698. The number of phenols is 1. The summed E-state index contributed by atoms with van der Waals surface area (Å²) in [6.45, 7) is 0.510. The van der Waals surface area contributed by atoms with Crippen LogP contribution in [0.1, 0.15) is 5.69 Å². The maximum atomic E-state index is 9.22. The number of nitrogens with zero attached hydrogens (tertiary/aromatic N) is 1. The molecule has 3 heteroatoms. The molecule has 0 aliphatic rings. The van der Waals surface area contributed by atoms with Crippen LogP contribution in [0.15, 0.2) is 54.6 Å². The molecule has 0 saturated heterocycles. The van der Waals surface area contributed by atoms with Gasteiger partial charge < -0.3 is 14.4 Å². The molecule has 19 heavy (non-hydrogen) atoms. The second-order valence-electron chi connectivity index (χ2n) is 4.54. The highest BCUT2D eigenvalue weighted by Gasteiger charge is 2.05. The van der Waals surface area contributed by atoms with Crippen LogP contribution in [0.25, 0.3) is 10.9 Å². The number of benzene rings is 2. The van der Waals surface area contributed by atoms with Crippen molar-refractivity contribution in [2.45, 2.75) is 6.61 Å². The van der Waals surface area contributed by atoms with E-state index in [0.717, 1.165) is 11.4 Å². The maximum Gasteiger partial charge on any atom is 0.128 e. The fourth-order valence-electron chi connectivity index (χ4n) is 2.18. The average molecular weight is 253 g/mol. The Morgan fingerprint density at radius 3 is 2.53 bits per heavy atom. The molecular formula is C16H15NO2. The number of para-hydroxylation sites is 1. The molecule has 1 aromatic heterocycles. The number of fused-ring (bicyclic) bond motifs is 1. The second-order valence-corrected chi connectivity index (χ2v) is 4.54. The van der Waals surface area contributed by atoms with E-state index >= 15 is 0 Å². The second kappa shape index (κ2) is 4.69. The minimum Gasteiger partial charge on any atom is -0.508 e. The van der Waals surface area contributed by atoms with Crippen LogP contribution >= 0.6 is 0 Å². The van der Waals surface area contributed by atoms with Crippen LogP contribution in [0, 0.1) is 0 Å². The Balaban J connectivity index is 1.82. The zero-order valence-electron chi connectivity index (χ0n) is 10.7. The first-order chi connectivity index (χ1) is 9.24. The highest BCUT2D eigenvalue weighted by molar-refractivity contribution is 5.81. The van der Waals surface area contributed by atoms with E-state index in [4.69, 9.17) is 4.74 Å². The van der Waals surface area contributed by atoms with Crippen molar-refractivity contribution >= 4 is 10.9 Å². The number of aryl methyl sites for hydroxylation is 1. The lowest BCUT2D eigenvalue weighted by Crippen LogP contribution is -2.01. The summed E-state index contributed by atoms with van der Waals surface area (Å²) in [5, 5.41) is 10.4. The van der Waals surface area contributed by atoms with Crippen molar-refractivity contribution < 1.29 is 9.84 Å². The molecule has 0 aliphatic carbocycles. The van der Waals surface area contributed by atoms with Crippen molar-refractivity contribution in [2.24, 2.45) is 7.05 Å². The summed E-state index contributed by atoms with van der Waals surface area (Å²) in [4.78, 5) is 0. The molecule has 3 rings (SSSR count). The third kappa shape index (κ3) is 2.27. The summed E-state index contributed by atoms with van der Waals surface area (Å²) in [5.74, 6) is 1.00. The van der Waals surface area contributed by atoms with Crippen molar-refractivity contribution in [2.75, 3.05) is 0 Å². The van der Waals surface area contributed by atoms with Gasteiger partial charge >= 0.3 is 0 Å². The van der Waals surface area contributed by atoms with Gasteiger partial charge in [0.05, 0.1) is 5.69 Å². The van der Waals surface area contributed by atoms with Gasteiger partial charge in [-0.2, -0.15) is 0 Å². The van der Waals surface area contributed by atoms with Gasteiger partial charge in [0, 0.05) is 12.6 Å². The molecule has 2 aromatic carbocycles. The molecule has 1 N–H and O–H groups in total. The molecule has 0 atom stereocenters. The minimum absolute atomic E-state index is 0.247. The number of phenolic OH excluding ortho intramolecular Hbond substituents is 1. The summed E-state index contributed by atoms with van der Waals surface area (Å²) >= 11 is 0. The van der Waals surface area contributed by atoms with Crippen LogP contribution < -0.4 is 4.74 Å². The van der Waals surface area contributed by atoms with Crippen molar-refractivity contribution in [1.82, 2.24) is 4.57 Å². The molecule has 3 nitrogen and oxygen atoms in total.